The topological polar surface area (TPSA) is 69.9 Å². The number of fused-ring (bicyclic) bond motifs is 1. The Morgan fingerprint density at radius 2 is 1.76 bits per heavy atom. The maximum absolute atomic E-state index is 14.0. The molecular formula is C32H30BrClN3O4+. The highest BCUT2D eigenvalue weighted by atomic mass is 79.9. The molecule has 0 radical (unpaired) electrons. The monoisotopic (exact) mass is 634 g/mol. The van der Waals surface area contributed by atoms with Crippen molar-refractivity contribution in [2.24, 2.45) is 5.92 Å². The molecule has 0 bridgehead atoms. The first-order chi connectivity index (χ1) is 19.9. The lowest BCUT2D eigenvalue weighted by molar-refractivity contribution is -0.332. The lowest BCUT2D eigenvalue weighted by Crippen LogP contribution is -2.62. The smallest absolute Gasteiger partial charge is 0.497 e. The molecule has 2 fully saturated rings. The second kappa shape index (κ2) is 11.4. The predicted molar refractivity (Wildman–Crippen MR) is 160 cm³/mol. The van der Waals surface area contributed by atoms with Gasteiger partial charge in [-0.25, -0.2) is 4.90 Å². The number of benzene rings is 3. The molecule has 1 aliphatic carbocycles. The number of halogens is 2. The summed E-state index contributed by atoms with van der Waals surface area (Å²) in [5.41, 5.74) is 2.57. The fraction of sp³-hybridized carbons (Fsp3) is 0.312. The summed E-state index contributed by atoms with van der Waals surface area (Å²) in [5, 5.41) is 0.461. The zero-order valence-electron chi connectivity index (χ0n) is 22.6. The zero-order chi connectivity index (χ0) is 28.7. The molecule has 1 unspecified atom stereocenters. The molecule has 2 atom stereocenters. The molecule has 0 N–H and O–H groups in total. The van der Waals surface area contributed by atoms with E-state index in [1.807, 2.05) is 35.2 Å². The van der Waals surface area contributed by atoms with Crippen molar-refractivity contribution < 1.29 is 23.7 Å². The predicted octanol–water partition coefficient (Wildman–Crippen LogP) is 6.14. The van der Waals surface area contributed by atoms with Crippen molar-refractivity contribution in [1.82, 2.24) is 9.80 Å². The van der Waals surface area contributed by atoms with Gasteiger partial charge >= 0.3 is 6.03 Å². The van der Waals surface area contributed by atoms with Crippen molar-refractivity contribution in [3.63, 3.8) is 0 Å². The number of rotatable bonds is 8. The molecule has 0 aromatic heterocycles. The van der Waals surface area contributed by atoms with Gasteiger partial charge in [-0.1, -0.05) is 41.9 Å². The Morgan fingerprint density at radius 1 is 1.02 bits per heavy atom. The van der Waals surface area contributed by atoms with E-state index in [0.29, 0.717) is 46.6 Å². The second-order valence-corrected chi connectivity index (χ2v) is 12.0. The minimum atomic E-state index is -0.544. The molecular weight excluding hydrogens is 606 g/mol. The van der Waals surface area contributed by atoms with Crippen LogP contribution >= 0.6 is 27.5 Å². The van der Waals surface area contributed by atoms with E-state index in [0.717, 1.165) is 22.9 Å². The number of ether oxygens (including phenoxy) is 1. The Hall–Kier alpha value is -3.49. The number of urea groups is 1. The van der Waals surface area contributed by atoms with Crippen LogP contribution < -0.4 is 4.74 Å². The maximum atomic E-state index is 14.0. The quantitative estimate of drug-likeness (QED) is 0.279. The largest absolute Gasteiger partial charge is 0.499 e. The number of methoxy groups -OCH3 is 1. The third kappa shape index (κ3) is 5.43. The number of hydrogen-bond donors (Lipinski definition) is 0. The highest BCUT2D eigenvalue weighted by Gasteiger charge is 2.57. The molecule has 3 aromatic rings. The van der Waals surface area contributed by atoms with Crippen LogP contribution in [0.2, 0.25) is 5.02 Å². The summed E-state index contributed by atoms with van der Waals surface area (Å²) in [6.45, 7) is 0.630. The third-order valence-electron chi connectivity index (χ3n) is 8.22. The minimum absolute atomic E-state index is 0.102. The van der Waals surface area contributed by atoms with Crippen LogP contribution in [0.5, 0.6) is 5.75 Å². The van der Waals surface area contributed by atoms with Crippen LogP contribution in [-0.4, -0.2) is 70.1 Å². The first-order valence-electron chi connectivity index (χ1n) is 13.8. The van der Waals surface area contributed by atoms with Gasteiger partial charge in [-0.3, -0.25) is 9.59 Å². The number of ketones is 1. The number of piperazine rings is 1. The summed E-state index contributed by atoms with van der Waals surface area (Å²) >= 11 is 9.74. The van der Waals surface area contributed by atoms with E-state index in [4.69, 9.17) is 16.3 Å². The first-order valence-corrected chi connectivity index (χ1v) is 15.0. The molecule has 41 heavy (non-hydrogen) atoms. The van der Waals surface area contributed by atoms with Gasteiger partial charge in [-0.2, -0.15) is 9.37 Å². The summed E-state index contributed by atoms with van der Waals surface area (Å²) in [7, 11) is 1.59. The molecule has 3 aromatic carbocycles. The van der Waals surface area contributed by atoms with Crippen molar-refractivity contribution in [2.45, 2.75) is 37.8 Å². The molecule has 2 heterocycles. The van der Waals surface area contributed by atoms with Gasteiger partial charge in [-0.05, 0) is 89.1 Å². The first kappa shape index (κ1) is 27.7. The van der Waals surface area contributed by atoms with Gasteiger partial charge in [-0.15, -0.1) is 0 Å². The van der Waals surface area contributed by atoms with Gasteiger partial charge in [0.1, 0.15) is 18.0 Å². The maximum Gasteiger partial charge on any atom is 0.499 e. The normalized spacial score (nSPS) is 20.3. The van der Waals surface area contributed by atoms with Gasteiger partial charge < -0.3 is 9.64 Å². The summed E-state index contributed by atoms with van der Waals surface area (Å²) < 4.78 is 7.58. The molecule has 0 spiro atoms. The minimum Gasteiger partial charge on any atom is -0.497 e. The zero-order valence-corrected chi connectivity index (χ0v) is 25.0. The SMILES string of the molecule is COc1ccc([N+]2=C(C(=O)CCc3ccccc3)C3CN(C(=O)c4ccc(Br)c(Cl)c4)[C@H](C4CC4)CN3C2=O)cc1. The Labute approximate surface area is 252 Å². The number of nitrogens with zero attached hydrogens (tertiary/aromatic N) is 3. The molecule has 3 amide bonds. The van der Waals surface area contributed by atoms with Crippen molar-refractivity contribution in [3.05, 3.63) is 93.4 Å². The van der Waals surface area contributed by atoms with Gasteiger partial charge in [0, 0.05) is 16.5 Å². The highest BCUT2D eigenvalue weighted by Crippen LogP contribution is 2.40. The Morgan fingerprint density at radius 3 is 2.41 bits per heavy atom. The lowest BCUT2D eigenvalue weighted by atomic mass is 9.95. The van der Waals surface area contributed by atoms with Crippen molar-refractivity contribution in [3.8, 4) is 5.75 Å². The van der Waals surface area contributed by atoms with Gasteiger partial charge in [0.15, 0.2) is 6.04 Å². The second-order valence-electron chi connectivity index (χ2n) is 10.8. The molecule has 1 saturated heterocycles. The standard InChI is InChI=1S/C32H30BrClN3O4/c1-41-24-13-11-23(12-14-24)37-30(29(38)16-7-20-5-3-2-4-6-20)28-19-35(27(21-8-9-21)18-36(28)32(37)40)31(39)22-10-15-25(33)26(34)17-22/h2-6,10-15,17,21,27-28H,7-9,16,18-19H2,1H3/q+1/t27-,28?/m0/s1. The number of Topliss-reactive ketones (excluding diaryl/α,β-unsaturated/α-hetero) is 1. The number of carbonyl (C=O) groups is 3. The Balaban J connectivity index is 1.38. The Kier molecular flexibility index (Phi) is 7.70. The van der Waals surface area contributed by atoms with E-state index in [2.05, 4.69) is 15.9 Å². The summed E-state index contributed by atoms with van der Waals surface area (Å²) in [4.78, 5) is 45.6. The summed E-state index contributed by atoms with van der Waals surface area (Å²) in [6.07, 6.45) is 2.84. The number of hydrogen-bond acceptors (Lipinski definition) is 4. The molecule has 7 nitrogen and oxygen atoms in total. The number of amides is 3. The van der Waals surface area contributed by atoms with Gasteiger partial charge in [0.05, 0.1) is 24.7 Å². The van der Waals surface area contributed by atoms with E-state index in [-0.39, 0.29) is 36.7 Å². The van der Waals surface area contributed by atoms with Crippen molar-refractivity contribution >= 4 is 56.7 Å². The van der Waals surface area contributed by atoms with Crippen molar-refractivity contribution in [2.75, 3.05) is 20.2 Å². The van der Waals surface area contributed by atoms with Crippen LogP contribution in [-0.2, 0) is 11.2 Å². The lowest BCUT2D eigenvalue weighted by Gasteiger charge is -2.39. The number of aryl methyl sites for hydroxylation is 1. The summed E-state index contributed by atoms with van der Waals surface area (Å²) in [5.74, 6) is 0.747. The molecule has 2 aliphatic heterocycles. The van der Waals surface area contributed by atoms with E-state index in [1.165, 1.54) is 0 Å². The van der Waals surface area contributed by atoms with Crippen LogP contribution in [0.15, 0.2) is 77.3 Å². The number of carbonyl (C=O) groups excluding carboxylic acids is 3. The van der Waals surface area contributed by atoms with Crippen LogP contribution in [0.1, 0.15) is 35.2 Å². The van der Waals surface area contributed by atoms with E-state index < -0.39 is 6.04 Å². The van der Waals surface area contributed by atoms with E-state index in [9.17, 15) is 14.4 Å². The summed E-state index contributed by atoms with van der Waals surface area (Å²) in [6, 6.07) is 21.3. The molecule has 6 rings (SSSR count). The molecule has 210 valence electrons. The fourth-order valence-corrected chi connectivity index (χ4v) is 6.34. The van der Waals surface area contributed by atoms with Crippen LogP contribution in [0.25, 0.3) is 0 Å². The molecule has 1 saturated carbocycles. The average molecular weight is 636 g/mol. The van der Waals surface area contributed by atoms with E-state index >= 15 is 0 Å². The van der Waals surface area contributed by atoms with Gasteiger partial charge in [0.2, 0.25) is 11.5 Å². The average Bonchev–Trinajstić information content (AvgIpc) is 3.81. The van der Waals surface area contributed by atoms with Crippen LogP contribution in [0.4, 0.5) is 10.5 Å². The van der Waals surface area contributed by atoms with E-state index in [1.54, 1.807) is 59.0 Å². The molecule has 9 heteroatoms. The molecule has 3 aliphatic rings. The van der Waals surface area contributed by atoms with Crippen LogP contribution in [0.3, 0.4) is 0 Å². The fourth-order valence-electron chi connectivity index (χ4n) is 5.91. The van der Waals surface area contributed by atoms with Crippen LogP contribution in [0, 0.1) is 5.92 Å². The van der Waals surface area contributed by atoms with Crippen molar-refractivity contribution in [1.29, 1.82) is 0 Å². The third-order valence-corrected chi connectivity index (χ3v) is 9.45. The van der Waals surface area contributed by atoms with Gasteiger partial charge in [0.25, 0.3) is 5.91 Å². The highest BCUT2D eigenvalue weighted by molar-refractivity contribution is 9.10. The Bertz CT molecular complexity index is 1540.